The molecular weight excluding hydrogens is 225 g/mol. The molecule has 1 aliphatic rings. The van der Waals surface area contributed by atoms with Crippen LogP contribution in [0.2, 0.25) is 10.0 Å². The molecule has 0 spiro atoms. The number of fused-ring (bicyclic) bond motifs is 1. The minimum absolute atomic E-state index is 0.428. The van der Waals surface area contributed by atoms with E-state index in [1.165, 1.54) is 0 Å². The molecule has 0 atom stereocenters. The van der Waals surface area contributed by atoms with E-state index in [9.17, 15) is 0 Å². The smallest absolute Gasteiger partial charge is 0.130 e. The van der Waals surface area contributed by atoms with Crippen LogP contribution in [0.4, 0.5) is 0 Å². The minimum Gasteiger partial charge on any atom is -0.492 e. The van der Waals surface area contributed by atoms with E-state index in [1.807, 2.05) is 0 Å². The third-order valence-electron chi connectivity index (χ3n) is 2.05. The first-order chi connectivity index (χ1) is 6.72. The molecule has 14 heavy (non-hydrogen) atoms. The topological polar surface area (TPSA) is 41.8 Å². The van der Waals surface area contributed by atoms with Crippen LogP contribution < -0.4 is 4.74 Å². The molecule has 0 fully saturated rings. The standard InChI is InChI=1S/C9H7Cl2NO2/c10-6-3-5-8(12-13)1-2-14-9(5)4-7(6)11/h3-4,13H,1-2H2/b12-8-. The summed E-state index contributed by atoms with van der Waals surface area (Å²) in [7, 11) is 0. The molecule has 2 rings (SSSR count). The molecule has 5 heteroatoms. The van der Waals surface area contributed by atoms with E-state index in [-0.39, 0.29) is 0 Å². The molecule has 0 saturated carbocycles. The number of halogens is 2. The predicted octanol–water partition coefficient (Wildman–Crippen LogP) is 2.95. The van der Waals surface area contributed by atoms with E-state index < -0.39 is 0 Å². The van der Waals surface area contributed by atoms with Gasteiger partial charge in [0.1, 0.15) is 5.75 Å². The molecule has 0 saturated heterocycles. The zero-order valence-electron chi connectivity index (χ0n) is 7.13. The van der Waals surface area contributed by atoms with Crippen molar-refractivity contribution in [2.75, 3.05) is 6.61 Å². The third kappa shape index (κ3) is 1.53. The van der Waals surface area contributed by atoms with Crippen molar-refractivity contribution in [3.63, 3.8) is 0 Å². The molecule has 0 unspecified atom stereocenters. The van der Waals surface area contributed by atoms with Gasteiger partial charge in [0.25, 0.3) is 0 Å². The maximum Gasteiger partial charge on any atom is 0.130 e. The highest BCUT2D eigenvalue weighted by molar-refractivity contribution is 6.42. The number of benzene rings is 1. The maximum absolute atomic E-state index is 8.75. The first-order valence-electron chi connectivity index (χ1n) is 4.05. The first-order valence-corrected chi connectivity index (χ1v) is 4.81. The van der Waals surface area contributed by atoms with Gasteiger partial charge >= 0.3 is 0 Å². The van der Waals surface area contributed by atoms with Crippen LogP contribution in [-0.4, -0.2) is 17.5 Å². The van der Waals surface area contributed by atoms with Crippen molar-refractivity contribution in [3.8, 4) is 5.75 Å². The highest BCUT2D eigenvalue weighted by atomic mass is 35.5. The van der Waals surface area contributed by atoms with Gasteiger partial charge in [-0.15, -0.1) is 0 Å². The molecule has 0 aliphatic carbocycles. The highest BCUT2D eigenvalue weighted by Crippen LogP contribution is 2.33. The first kappa shape index (κ1) is 9.62. The average Bonchev–Trinajstić information content (AvgIpc) is 2.19. The van der Waals surface area contributed by atoms with Crippen molar-refractivity contribution in [3.05, 3.63) is 27.7 Å². The van der Waals surface area contributed by atoms with Crippen LogP contribution in [0.25, 0.3) is 0 Å². The monoisotopic (exact) mass is 231 g/mol. The summed E-state index contributed by atoms with van der Waals surface area (Å²) in [5, 5.41) is 12.8. The highest BCUT2D eigenvalue weighted by Gasteiger charge is 2.19. The van der Waals surface area contributed by atoms with Gasteiger partial charge in [0.2, 0.25) is 0 Å². The Labute approximate surface area is 90.9 Å². The molecular formula is C9H7Cl2NO2. The summed E-state index contributed by atoms with van der Waals surface area (Å²) in [6.07, 6.45) is 0.571. The molecule has 1 N–H and O–H groups in total. The Hall–Kier alpha value is -0.930. The fourth-order valence-corrected chi connectivity index (χ4v) is 1.69. The van der Waals surface area contributed by atoms with Crippen molar-refractivity contribution in [1.29, 1.82) is 0 Å². The normalized spacial score (nSPS) is 17.7. The molecule has 0 amide bonds. The number of hydrogen-bond acceptors (Lipinski definition) is 3. The Morgan fingerprint density at radius 1 is 1.29 bits per heavy atom. The lowest BCUT2D eigenvalue weighted by molar-refractivity contribution is 0.298. The van der Waals surface area contributed by atoms with Crippen LogP contribution in [0.5, 0.6) is 5.75 Å². The molecule has 0 bridgehead atoms. The van der Waals surface area contributed by atoms with E-state index >= 15 is 0 Å². The van der Waals surface area contributed by atoms with Crippen molar-refractivity contribution in [2.45, 2.75) is 6.42 Å². The second-order valence-corrected chi connectivity index (χ2v) is 3.72. The summed E-state index contributed by atoms with van der Waals surface area (Å²) < 4.78 is 5.36. The van der Waals surface area contributed by atoms with Gasteiger partial charge in [-0.2, -0.15) is 0 Å². The van der Waals surface area contributed by atoms with Crippen LogP contribution in [0, 0.1) is 0 Å². The zero-order valence-corrected chi connectivity index (χ0v) is 8.64. The molecule has 74 valence electrons. The van der Waals surface area contributed by atoms with E-state index in [1.54, 1.807) is 12.1 Å². The summed E-state index contributed by atoms with van der Waals surface area (Å²) in [4.78, 5) is 0. The largest absolute Gasteiger partial charge is 0.492 e. The van der Waals surface area contributed by atoms with Crippen molar-refractivity contribution in [2.24, 2.45) is 5.16 Å². The van der Waals surface area contributed by atoms with Gasteiger partial charge in [-0.05, 0) is 6.07 Å². The lowest BCUT2D eigenvalue weighted by atomic mass is 10.0. The quantitative estimate of drug-likeness (QED) is 0.551. The summed E-state index contributed by atoms with van der Waals surface area (Å²) in [6, 6.07) is 3.27. The van der Waals surface area contributed by atoms with Gasteiger partial charge in [-0.25, -0.2) is 0 Å². The Morgan fingerprint density at radius 3 is 2.71 bits per heavy atom. The molecule has 1 heterocycles. The molecule has 1 aromatic rings. The Kier molecular flexibility index (Phi) is 2.52. The fourth-order valence-electron chi connectivity index (χ4n) is 1.37. The molecule has 0 aromatic heterocycles. The molecule has 3 nitrogen and oxygen atoms in total. The van der Waals surface area contributed by atoms with Gasteiger partial charge in [-0.1, -0.05) is 28.4 Å². The summed E-state index contributed by atoms with van der Waals surface area (Å²) in [6.45, 7) is 0.490. The second kappa shape index (κ2) is 3.67. The van der Waals surface area contributed by atoms with E-state index in [0.29, 0.717) is 40.1 Å². The van der Waals surface area contributed by atoms with Crippen LogP contribution in [0.3, 0.4) is 0 Å². The summed E-state index contributed by atoms with van der Waals surface area (Å²) in [5.74, 6) is 0.610. The predicted molar refractivity (Wildman–Crippen MR) is 54.9 cm³/mol. The number of hydrogen-bond donors (Lipinski definition) is 1. The molecule has 1 aliphatic heterocycles. The Morgan fingerprint density at radius 2 is 2.00 bits per heavy atom. The van der Waals surface area contributed by atoms with Gasteiger partial charge in [0, 0.05) is 18.1 Å². The summed E-state index contributed by atoms with van der Waals surface area (Å²) in [5.41, 5.74) is 1.28. The second-order valence-electron chi connectivity index (χ2n) is 2.91. The van der Waals surface area contributed by atoms with Gasteiger partial charge < -0.3 is 9.94 Å². The maximum atomic E-state index is 8.75. The van der Waals surface area contributed by atoms with Crippen LogP contribution in [-0.2, 0) is 0 Å². The van der Waals surface area contributed by atoms with Crippen molar-refractivity contribution in [1.82, 2.24) is 0 Å². The molecule has 1 aromatic carbocycles. The minimum atomic E-state index is 0.428. The Bertz CT molecular complexity index is 404. The SMILES string of the molecule is O/N=C1/CCOc2cc(Cl)c(Cl)cc21. The fraction of sp³-hybridized carbons (Fsp3) is 0.222. The number of nitrogens with zero attached hydrogens (tertiary/aromatic N) is 1. The van der Waals surface area contributed by atoms with Gasteiger partial charge in [0.15, 0.2) is 0 Å². The number of ether oxygens (including phenoxy) is 1. The van der Waals surface area contributed by atoms with Crippen molar-refractivity contribution >= 4 is 28.9 Å². The van der Waals surface area contributed by atoms with E-state index in [0.717, 1.165) is 0 Å². The van der Waals surface area contributed by atoms with Crippen LogP contribution >= 0.6 is 23.2 Å². The van der Waals surface area contributed by atoms with Crippen LogP contribution in [0.15, 0.2) is 17.3 Å². The van der Waals surface area contributed by atoms with E-state index in [4.69, 9.17) is 33.1 Å². The lowest BCUT2D eigenvalue weighted by Crippen LogP contribution is -2.16. The van der Waals surface area contributed by atoms with Gasteiger partial charge in [-0.3, -0.25) is 0 Å². The van der Waals surface area contributed by atoms with Crippen molar-refractivity contribution < 1.29 is 9.94 Å². The van der Waals surface area contributed by atoms with E-state index in [2.05, 4.69) is 5.16 Å². The number of oxime groups is 1. The third-order valence-corrected chi connectivity index (χ3v) is 2.77. The lowest BCUT2D eigenvalue weighted by Gasteiger charge is -2.18. The average molecular weight is 232 g/mol. The number of rotatable bonds is 0. The zero-order chi connectivity index (χ0) is 10.1. The van der Waals surface area contributed by atoms with Crippen LogP contribution in [0.1, 0.15) is 12.0 Å². The summed E-state index contributed by atoms with van der Waals surface area (Å²) >= 11 is 11.7. The Balaban J connectivity index is 2.58. The molecule has 0 radical (unpaired) electrons. The van der Waals surface area contributed by atoms with Gasteiger partial charge in [0.05, 0.1) is 22.4 Å².